The van der Waals surface area contributed by atoms with E-state index in [9.17, 15) is 29.7 Å². The van der Waals surface area contributed by atoms with Gasteiger partial charge in [0.25, 0.3) is 11.8 Å². The Morgan fingerprint density at radius 2 is 2.09 bits per heavy atom. The minimum absolute atomic E-state index is 0.0655. The van der Waals surface area contributed by atoms with Gasteiger partial charge in [0.05, 0.1) is 18.3 Å². The zero-order valence-electron chi connectivity index (χ0n) is 19.6. The Labute approximate surface area is 199 Å². The summed E-state index contributed by atoms with van der Waals surface area (Å²) in [6, 6.07) is 4.60. The molecule has 9 nitrogen and oxygen atoms in total. The molecule has 1 aromatic rings. The predicted molar refractivity (Wildman–Crippen MR) is 128 cm³/mol. The lowest BCUT2D eigenvalue weighted by Crippen LogP contribution is -2.44. The van der Waals surface area contributed by atoms with Crippen LogP contribution in [0.15, 0.2) is 43.0 Å². The van der Waals surface area contributed by atoms with Gasteiger partial charge in [-0.1, -0.05) is 25.2 Å². The van der Waals surface area contributed by atoms with Crippen molar-refractivity contribution < 1.29 is 29.7 Å². The Hall–Kier alpha value is -3.01. The fraction of sp³-hybridized carbons (Fsp3) is 0.480. The van der Waals surface area contributed by atoms with E-state index in [0.29, 0.717) is 23.5 Å². The Morgan fingerprint density at radius 3 is 2.74 bits per heavy atom. The molecule has 0 aromatic heterocycles. The number of amides is 3. The van der Waals surface area contributed by atoms with Crippen LogP contribution in [-0.4, -0.2) is 69.8 Å². The lowest BCUT2D eigenvalue weighted by atomic mass is 9.82. The number of hydrogen-bond donors (Lipinski definition) is 4. The largest absolute Gasteiger partial charge is 0.394 e. The summed E-state index contributed by atoms with van der Waals surface area (Å²) >= 11 is 0. The van der Waals surface area contributed by atoms with E-state index in [1.165, 1.54) is 17.9 Å². The maximum Gasteiger partial charge on any atom is 0.264 e. The maximum absolute atomic E-state index is 13.3. The number of anilines is 2. The van der Waals surface area contributed by atoms with Crippen molar-refractivity contribution in [3.63, 3.8) is 0 Å². The van der Waals surface area contributed by atoms with E-state index < -0.39 is 29.4 Å². The molecule has 184 valence electrons. The van der Waals surface area contributed by atoms with Gasteiger partial charge < -0.3 is 30.4 Å². The molecule has 0 bridgehead atoms. The van der Waals surface area contributed by atoms with Crippen molar-refractivity contribution in [1.82, 2.24) is 4.90 Å². The number of carbonyl (C=O) groups excluding carboxylic acids is 3. The van der Waals surface area contributed by atoms with E-state index in [4.69, 9.17) is 0 Å². The summed E-state index contributed by atoms with van der Waals surface area (Å²) in [5.41, 5.74) is -0.746. The number of rotatable bonds is 9. The maximum atomic E-state index is 13.3. The highest BCUT2D eigenvalue weighted by Crippen LogP contribution is 2.46. The van der Waals surface area contributed by atoms with Crippen molar-refractivity contribution in [2.24, 2.45) is 5.92 Å². The van der Waals surface area contributed by atoms with Crippen LogP contribution in [0.3, 0.4) is 0 Å². The molecule has 4 N–H and O–H groups in total. The number of benzene rings is 1. The van der Waals surface area contributed by atoms with Gasteiger partial charge in [-0.3, -0.25) is 14.4 Å². The summed E-state index contributed by atoms with van der Waals surface area (Å²) in [6.45, 7) is 7.46. The van der Waals surface area contributed by atoms with Crippen LogP contribution in [0, 0.1) is 5.92 Å². The monoisotopic (exact) mass is 471 g/mol. The molecule has 1 fully saturated rings. The van der Waals surface area contributed by atoms with Crippen LogP contribution >= 0.6 is 0 Å². The van der Waals surface area contributed by atoms with Gasteiger partial charge in [-0.15, -0.1) is 6.58 Å². The summed E-state index contributed by atoms with van der Waals surface area (Å²) in [7, 11) is 0. The zero-order valence-corrected chi connectivity index (χ0v) is 19.6. The van der Waals surface area contributed by atoms with Crippen LogP contribution in [0.1, 0.15) is 38.7 Å². The van der Waals surface area contributed by atoms with Gasteiger partial charge in [-0.2, -0.15) is 0 Å². The molecule has 4 atom stereocenters. The number of likely N-dealkylation sites (tertiary alicyclic amines) is 1. The number of aliphatic hydroxyl groups is 3. The van der Waals surface area contributed by atoms with E-state index in [2.05, 4.69) is 11.9 Å². The third kappa shape index (κ3) is 4.77. The second-order valence-corrected chi connectivity index (χ2v) is 8.85. The number of nitrogens with zero attached hydrogens (tertiary/aromatic N) is 2. The summed E-state index contributed by atoms with van der Waals surface area (Å²) in [4.78, 5) is 40.9. The average molecular weight is 472 g/mol. The van der Waals surface area contributed by atoms with Gasteiger partial charge >= 0.3 is 0 Å². The Kier molecular flexibility index (Phi) is 7.91. The minimum atomic E-state index is -1.91. The Bertz CT molecular complexity index is 991. The first kappa shape index (κ1) is 25.6. The summed E-state index contributed by atoms with van der Waals surface area (Å²) in [5.74, 6) is -1.92. The lowest BCUT2D eigenvalue weighted by molar-refractivity contribution is -0.139. The van der Waals surface area contributed by atoms with Crippen LogP contribution < -0.4 is 10.2 Å². The van der Waals surface area contributed by atoms with Gasteiger partial charge in [0.1, 0.15) is 6.10 Å². The second-order valence-electron chi connectivity index (χ2n) is 8.85. The van der Waals surface area contributed by atoms with Crippen molar-refractivity contribution in [3.05, 3.63) is 48.6 Å². The van der Waals surface area contributed by atoms with Crippen LogP contribution in [0.25, 0.3) is 0 Å². The number of hydrogen-bond acceptors (Lipinski definition) is 6. The van der Waals surface area contributed by atoms with Gasteiger partial charge in [-0.05, 0) is 38.0 Å². The third-order valence-corrected chi connectivity index (χ3v) is 6.51. The molecule has 3 amide bonds. The first-order chi connectivity index (χ1) is 16.1. The molecular weight excluding hydrogens is 438 g/mol. The molecule has 1 saturated heterocycles. The number of nitrogens with one attached hydrogen (secondary N) is 1. The molecular formula is C25H33N3O6. The van der Waals surface area contributed by atoms with Crippen LogP contribution in [0.2, 0.25) is 0 Å². The van der Waals surface area contributed by atoms with Crippen molar-refractivity contribution in [3.8, 4) is 0 Å². The minimum Gasteiger partial charge on any atom is -0.394 e. The van der Waals surface area contributed by atoms with Crippen LogP contribution in [0.4, 0.5) is 11.4 Å². The molecule has 0 saturated carbocycles. The SMILES string of the molecule is C=CCN1C(=O)[C@](O)([C@H](C)/C=C/CC(=O)N2CCC[C@H]2CO)c2cc(NC(=O)[C@H](C)O)ccc21. The molecule has 0 radical (unpaired) electrons. The second kappa shape index (κ2) is 10.5. The number of carbonyl (C=O) groups is 3. The van der Waals surface area contributed by atoms with Gasteiger partial charge in [0.2, 0.25) is 5.91 Å². The van der Waals surface area contributed by atoms with Crippen molar-refractivity contribution >= 4 is 29.1 Å². The van der Waals surface area contributed by atoms with Gasteiger partial charge in [-0.25, -0.2) is 0 Å². The van der Waals surface area contributed by atoms with E-state index >= 15 is 0 Å². The Balaban J connectivity index is 1.85. The van der Waals surface area contributed by atoms with E-state index in [-0.39, 0.29) is 31.5 Å². The van der Waals surface area contributed by atoms with Gasteiger partial charge in [0, 0.05) is 36.7 Å². The van der Waals surface area contributed by atoms with E-state index in [1.807, 2.05) is 0 Å². The third-order valence-electron chi connectivity index (χ3n) is 6.51. The highest BCUT2D eigenvalue weighted by atomic mass is 16.3. The predicted octanol–water partition coefficient (Wildman–Crippen LogP) is 1.29. The first-order valence-corrected chi connectivity index (χ1v) is 11.5. The summed E-state index contributed by atoms with van der Waals surface area (Å²) < 4.78 is 0. The highest BCUT2D eigenvalue weighted by molar-refractivity contribution is 6.08. The van der Waals surface area contributed by atoms with Crippen LogP contribution in [-0.2, 0) is 20.0 Å². The van der Waals surface area contributed by atoms with Crippen molar-refractivity contribution in [2.45, 2.75) is 50.9 Å². The van der Waals surface area contributed by atoms with Crippen molar-refractivity contribution in [1.29, 1.82) is 0 Å². The molecule has 2 aliphatic heterocycles. The topological polar surface area (TPSA) is 130 Å². The molecule has 2 aliphatic rings. The Morgan fingerprint density at radius 1 is 1.35 bits per heavy atom. The summed E-state index contributed by atoms with van der Waals surface area (Å²) in [6.07, 6.45) is 5.35. The molecule has 0 aliphatic carbocycles. The zero-order chi connectivity index (χ0) is 25.0. The molecule has 34 heavy (non-hydrogen) atoms. The summed E-state index contributed by atoms with van der Waals surface area (Å²) in [5, 5.41) is 33.1. The van der Waals surface area contributed by atoms with Crippen LogP contribution in [0.5, 0.6) is 0 Å². The average Bonchev–Trinajstić information content (AvgIpc) is 3.37. The van der Waals surface area contributed by atoms with Gasteiger partial charge in [0.15, 0.2) is 5.60 Å². The molecule has 3 rings (SSSR count). The van der Waals surface area contributed by atoms with E-state index in [0.717, 1.165) is 12.8 Å². The quantitative estimate of drug-likeness (QED) is 0.402. The standard InChI is InChI=1S/C25H33N3O6/c1-4-12-28-21-11-10-18(26-23(32)17(3)30)14-20(21)25(34,24(28)33)16(2)7-5-9-22(31)27-13-6-8-19(27)15-29/h4-5,7,10-11,14,16-17,19,29-30,34H,1,6,8-9,12-13,15H2,2-3H3,(H,26,32)/b7-5+/t16-,17+,19+,25+/m1/s1. The smallest absolute Gasteiger partial charge is 0.264 e. The first-order valence-electron chi connectivity index (χ1n) is 11.5. The fourth-order valence-electron chi connectivity index (χ4n) is 4.57. The van der Waals surface area contributed by atoms with E-state index in [1.54, 1.807) is 42.2 Å². The fourth-order valence-corrected chi connectivity index (χ4v) is 4.57. The van der Waals surface area contributed by atoms with Crippen molar-refractivity contribution in [2.75, 3.05) is 29.9 Å². The molecule has 2 heterocycles. The molecule has 1 aromatic carbocycles. The number of aliphatic hydroxyl groups excluding tert-OH is 2. The molecule has 0 spiro atoms. The molecule has 0 unspecified atom stereocenters. The highest BCUT2D eigenvalue weighted by Gasteiger charge is 2.52. The molecule has 9 heteroatoms. The lowest BCUT2D eigenvalue weighted by Gasteiger charge is -2.27. The normalized spacial score (nSPS) is 23.8. The number of fused-ring (bicyclic) bond motifs is 1.